The number of rotatable bonds is 3. The van der Waals surface area contributed by atoms with Crippen LogP contribution in [0.1, 0.15) is 0 Å². The van der Waals surface area contributed by atoms with Crippen molar-refractivity contribution in [3.05, 3.63) is 52.8 Å². The molecule has 0 aliphatic rings. The molecule has 3 aromatic rings. The van der Waals surface area contributed by atoms with Crippen LogP contribution in [0.5, 0.6) is 0 Å². The minimum Gasteiger partial charge on any atom is -0.333 e. The first-order valence-electron chi connectivity index (χ1n) is 5.94. The lowest BCUT2D eigenvalue weighted by Crippen LogP contribution is -1.99. The average Bonchev–Trinajstić information content (AvgIpc) is 2.83. The molecular weight excluding hydrogens is 258 g/mol. The zero-order valence-corrected chi connectivity index (χ0v) is 10.6. The van der Waals surface area contributed by atoms with E-state index in [4.69, 9.17) is 0 Å². The van der Waals surface area contributed by atoms with E-state index in [0.717, 1.165) is 0 Å². The molecule has 100 valence electrons. The molecular formula is C13H11N5O2. The van der Waals surface area contributed by atoms with E-state index in [1.54, 1.807) is 54.5 Å². The van der Waals surface area contributed by atoms with E-state index in [0.29, 0.717) is 22.4 Å². The number of aryl methyl sites for hydroxylation is 1. The Hall–Kier alpha value is -2.96. The van der Waals surface area contributed by atoms with Crippen LogP contribution in [-0.4, -0.2) is 19.7 Å². The fraction of sp³-hybridized carbons (Fsp3) is 0.0769. The van der Waals surface area contributed by atoms with E-state index in [-0.39, 0.29) is 5.69 Å². The number of nitro groups is 1. The Kier molecular flexibility index (Phi) is 2.79. The van der Waals surface area contributed by atoms with Crippen LogP contribution in [0.3, 0.4) is 0 Å². The molecule has 7 heteroatoms. The maximum atomic E-state index is 11.3. The van der Waals surface area contributed by atoms with Crippen molar-refractivity contribution in [3.8, 4) is 0 Å². The molecule has 2 aromatic heterocycles. The normalized spacial score (nSPS) is 10.7. The monoisotopic (exact) mass is 269 g/mol. The Labute approximate surface area is 114 Å². The van der Waals surface area contributed by atoms with Crippen molar-refractivity contribution in [3.63, 3.8) is 0 Å². The van der Waals surface area contributed by atoms with Crippen LogP contribution >= 0.6 is 0 Å². The number of pyridine rings is 1. The summed E-state index contributed by atoms with van der Waals surface area (Å²) in [5.74, 6) is 0.554. The van der Waals surface area contributed by atoms with Gasteiger partial charge in [-0.2, -0.15) is 5.10 Å². The van der Waals surface area contributed by atoms with Crippen molar-refractivity contribution >= 4 is 28.1 Å². The number of nitro benzene ring substituents is 1. The Bertz CT molecular complexity index is 796. The van der Waals surface area contributed by atoms with Crippen LogP contribution < -0.4 is 5.32 Å². The minimum absolute atomic E-state index is 0.00116. The smallest absolute Gasteiger partial charge is 0.302 e. The number of nitrogens with zero attached hydrogens (tertiary/aromatic N) is 4. The molecule has 7 nitrogen and oxygen atoms in total. The third-order valence-corrected chi connectivity index (χ3v) is 2.92. The van der Waals surface area contributed by atoms with Gasteiger partial charge >= 0.3 is 5.69 Å². The van der Waals surface area contributed by atoms with Gasteiger partial charge in [-0.25, -0.2) is 0 Å². The average molecular weight is 269 g/mol. The van der Waals surface area contributed by atoms with Crippen molar-refractivity contribution in [1.29, 1.82) is 0 Å². The van der Waals surface area contributed by atoms with Gasteiger partial charge in [-0.05, 0) is 24.3 Å². The molecule has 0 saturated heterocycles. The van der Waals surface area contributed by atoms with Crippen molar-refractivity contribution < 1.29 is 4.92 Å². The second-order valence-corrected chi connectivity index (χ2v) is 4.29. The van der Waals surface area contributed by atoms with Crippen molar-refractivity contribution in [2.24, 2.45) is 7.05 Å². The summed E-state index contributed by atoms with van der Waals surface area (Å²) >= 11 is 0. The van der Waals surface area contributed by atoms with Crippen molar-refractivity contribution in [1.82, 2.24) is 14.8 Å². The van der Waals surface area contributed by atoms with Crippen LogP contribution in [0.25, 0.3) is 10.9 Å². The van der Waals surface area contributed by atoms with Gasteiger partial charge in [-0.1, -0.05) is 0 Å². The molecule has 0 aliphatic carbocycles. The topological polar surface area (TPSA) is 85.9 Å². The minimum atomic E-state index is -0.407. The number of nitrogens with one attached hydrogen (secondary N) is 1. The van der Waals surface area contributed by atoms with Crippen molar-refractivity contribution in [2.75, 3.05) is 5.32 Å². The highest BCUT2D eigenvalue weighted by Crippen LogP contribution is 2.33. The Morgan fingerprint density at radius 2 is 2.15 bits per heavy atom. The predicted molar refractivity (Wildman–Crippen MR) is 74.9 cm³/mol. The standard InChI is InChI=1S/C13H11N5O2/c1-17-8-6-12(16-17)15-11-5-4-10-9(3-2-7-14-10)13(11)18(19)20/h2-8H,1H3,(H,15,16). The zero-order chi connectivity index (χ0) is 14.1. The van der Waals surface area contributed by atoms with Gasteiger partial charge in [0.15, 0.2) is 5.82 Å². The van der Waals surface area contributed by atoms with E-state index in [1.807, 2.05) is 0 Å². The Balaban J connectivity index is 2.15. The number of hydrogen-bond acceptors (Lipinski definition) is 5. The summed E-state index contributed by atoms with van der Waals surface area (Å²) < 4.78 is 1.62. The van der Waals surface area contributed by atoms with Gasteiger partial charge in [-0.3, -0.25) is 19.8 Å². The van der Waals surface area contributed by atoms with E-state index in [1.165, 1.54) is 0 Å². The Morgan fingerprint density at radius 1 is 1.30 bits per heavy atom. The SMILES string of the molecule is Cn1ccc(Nc2ccc3ncccc3c2[N+](=O)[O-])n1. The largest absolute Gasteiger partial charge is 0.333 e. The lowest BCUT2D eigenvalue weighted by Gasteiger charge is -2.06. The van der Waals surface area contributed by atoms with E-state index < -0.39 is 4.92 Å². The van der Waals surface area contributed by atoms with Crippen molar-refractivity contribution in [2.45, 2.75) is 0 Å². The highest BCUT2D eigenvalue weighted by Gasteiger charge is 2.19. The number of benzene rings is 1. The highest BCUT2D eigenvalue weighted by atomic mass is 16.6. The van der Waals surface area contributed by atoms with Crippen LogP contribution in [0.4, 0.5) is 17.2 Å². The van der Waals surface area contributed by atoms with E-state index in [2.05, 4.69) is 15.4 Å². The van der Waals surface area contributed by atoms with E-state index in [9.17, 15) is 10.1 Å². The second kappa shape index (κ2) is 4.61. The summed E-state index contributed by atoms with van der Waals surface area (Å²) in [7, 11) is 1.78. The van der Waals surface area contributed by atoms with Gasteiger partial charge in [0.25, 0.3) is 0 Å². The molecule has 0 fully saturated rings. The fourth-order valence-corrected chi connectivity index (χ4v) is 2.05. The molecule has 0 aliphatic heterocycles. The molecule has 1 aromatic carbocycles. The lowest BCUT2D eigenvalue weighted by molar-refractivity contribution is -0.382. The summed E-state index contributed by atoms with van der Waals surface area (Å²) in [4.78, 5) is 15.1. The van der Waals surface area contributed by atoms with Gasteiger partial charge in [0.1, 0.15) is 5.69 Å². The first-order valence-corrected chi connectivity index (χ1v) is 5.94. The van der Waals surface area contributed by atoms with Crippen LogP contribution in [0.15, 0.2) is 42.7 Å². The third kappa shape index (κ3) is 2.05. The number of hydrogen-bond donors (Lipinski definition) is 1. The number of aromatic nitrogens is 3. The molecule has 3 rings (SSSR count). The summed E-state index contributed by atoms with van der Waals surface area (Å²) in [5, 5.41) is 19.0. The first kappa shape index (κ1) is 12.1. The summed E-state index contributed by atoms with van der Waals surface area (Å²) in [6.07, 6.45) is 3.37. The predicted octanol–water partition coefficient (Wildman–Crippen LogP) is 2.62. The molecule has 0 radical (unpaired) electrons. The molecule has 0 amide bonds. The van der Waals surface area contributed by atoms with Crippen LogP contribution in [0, 0.1) is 10.1 Å². The molecule has 0 spiro atoms. The first-order chi connectivity index (χ1) is 9.65. The highest BCUT2D eigenvalue weighted by molar-refractivity contribution is 5.95. The summed E-state index contributed by atoms with van der Waals surface area (Å²) in [6, 6.07) is 8.50. The van der Waals surface area contributed by atoms with Gasteiger partial charge in [0.05, 0.1) is 15.8 Å². The summed E-state index contributed by atoms with van der Waals surface area (Å²) in [6.45, 7) is 0. The second-order valence-electron chi connectivity index (χ2n) is 4.29. The lowest BCUT2D eigenvalue weighted by atomic mass is 10.1. The molecule has 0 saturated carbocycles. The molecule has 20 heavy (non-hydrogen) atoms. The Morgan fingerprint density at radius 3 is 2.85 bits per heavy atom. The maximum Gasteiger partial charge on any atom is 0.302 e. The molecule has 0 bridgehead atoms. The van der Waals surface area contributed by atoms with E-state index >= 15 is 0 Å². The maximum absolute atomic E-state index is 11.3. The third-order valence-electron chi connectivity index (χ3n) is 2.92. The quantitative estimate of drug-likeness (QED) is 0.583. The van der Waals surface area contributed by atoms with Gasteiger partial charge in [0.2, 0.25) is 0 Å². The molecule has 1 N–H and O–H groups in total. The summed E-state index contributed by atoms with van der Waals surface area (Å²) in [5.41, 5.74) is 0.987. The molecule has 0 unspecified atom stereocenters. The van der Waals surface area contributed by atoms with Gasteiger partial charge < -0.3 is 5.32 Å². The zero-order valence-electron chi connectivity index (χ0n) is 10.6. The number of fused-ring (bicyclic) bond motifs is 1. The van der Waals surface area contributed by atoms with Gasteiger partial charge in [-0.15, -0.1) is 0 Å². The fourth-order valence-electron chi connectivity index (χ4n) is 2.05. The molecule has 0 atom stereocenters. The number of anilines is 2. The van der Waals surface area contributed by atoms with Gasteiger partial charge in [0, 0.05) is 25.5 Å². The van der Waals surface area contributed by atoms with Crippen LogP contribution in [-0.2, 0) is 7.05 Å². The van der Waals surface area contributed by atoms with Crippen LogP contribution in [0.2, 0.25) is 0 Å². The molecule has 2 heterocycles.